The van der Waals surface area contributed by atoms with Crippen molar-refractivity contribution < 1.29 is 14.3 Å². The molecule has 0 aliphatic carbocycles. The van der Waals surface area contributed by atoms with E-state index in [0.29, 0.717) is 12.1 Å². The smallest absolute Gasteiger partial charge is 0.317 e. The number of piperidine rings is 1. The third kappa shape index (κ3) is 4.58. The van der Waals surface area contributed by atoms with Gasteiger partial charge < -0.3 is 20.3 Å². The molecule has 0 aromatic heterocycles. The highest BCUT2D eigenvalue weighted by Gasteiger charge is 2.24. The van der Waals surface area contributed by atoms with Crippen molar-refractivity contribution in [2.24, 2.45) is 0 Å². The molecule has 1 aliphatic rings. The number of nitrogens with zero attached hydrogens (tertiary/aromatic N) is 1. The van der Waals surface area contributed by atoms with Crippen LogP contribution in [0.2, 0.25) is 0 Å². The number of amides is 3. The van der Waals surface area contributed by atoms with Crippen LogP contribution in [0.15, 0.2) is 48.5 Å². The summed E-state index contributed by atoms with van der Waals surface area (Å²) in [7, 11) is 3.26. The number of urea groups is 1. The molecule has 0 unspecified atom stereocenters. The van der Waals surface area contributed by atoms with E-state index in [1.165, 1.54) is 0 Å². The summed E-state index contributed by atoms with van der Waals surface area (Å²) in [6.07, 6.45) is 1.97. The van der Waals surface area contributed by atoms with Crippen molar-refractivity contribution in [2.45, 2.75) is 18.8 Å². The van der Waals surface area contributed by atoms with Crippen LogP contribution in [0.25, 0.3) is 0 Å². The zero-order chi connectivity index (χ0) is 19.2. The molecule has 1 aliphatic heterocycles. The van der Waals surface area contributed by atoms with Gasteiger partial charge in [0.2, 0.25) is 0 Å². The number of methoxy groups -OCH3 is 1. The Bertz CT molecular complexity index is 805. The van der Waals surface area contributed by atoms with Gasteiger partial charge in [0, 0.05) is 37.3 Å². The zero-order valence-electron chi connectivity index (χ0n) is 15.7. The van der Waals surface area contributed by atoms with Crippen LogP contribution in [0.3, 0.4) is 0 Å². The molecule has 27 heavy (non-hydrogen) atoms. The highest BCUT2D eigenvalue weighted by molar-refractivity contribution is 6.04. The highest BCUT2D eigenvalue weighted by Crippen LogP contribution is 2.27. The normalized spacial score (nSPS) is 16.5. The molecule has 142 valence electrons. The number of rotatable bonds is 4. The lowest BCUT2D eigenvalue weighted by Gasteiger charge is -2.32. The summed E-state index contributed by atoms with van der Waals surface area (Å²) in [5.74, 6) is 0.832. The summed E-state index contributed by atoms with van der Waals surface area (Å²) >= 11 is 0. The Balaban J connectivity index is 1.70. The van der Waals surface area contributed by atoms with Crippen LogP contribution in [0, 0.1) is 0 Å². The minimum absolute atomic E-state index is 0.0481. The first-order valence-electron chi connectivity index (χ1n) is 9.12. The van der Waals surface area contributed by atoms with Crippen molar-refractivity contribution in [1.29, 1.82) is 0 Å². The van der Waals surface area contributed by atoms with E-state index in [2.05, 4.69) is 10.6 Å². The molecule has 1 fully saturated rings. The molecule has 0 spiro atoms. The number of hydrogen-bond acceptors (Lipinski definition) is 3. The summed E-state index contributed by atoms with van der Waals surface area (Å²) in [6.45, 7) is 1.44. The molecule has 0 bridgehead atoms. The van der Waals surface area contributed by atoms with Crippen molar-refractivity contribution in [3.8, 4) is 5.75 Å². The van der Waals surface area contributed by atoms with Gasteiger partial charge in [-0.25, -0.2) is 4.79 Å². The molecule has 0 saturated carbocycles. The number of likely N-dealkylation sites (tertiary alicyclic amines) is 1. The molecular formula is C21H25N3O3. The lowest BCUT2D eigenvalue weighted by molar-refractivity contribution is 0.102. The maximum absolute atomic E-state index is 12.6. The Morgan fingerprint density at radius 2 is 1.93 bits per heavy atom. The number of ether oxygens (including phenoxy) is 1. The Morgan fingerprint density at radius 1 is 1.15 bits per heavy atom. The van der Waals surface area contributed by atoms with Crippen LogP contribution in [-0.2, 0) is 0 Å². The Labute approximate surface area is 159 Å². The molecule has 2 aromatic rings. The largest absolute Gasteiger partial charge is 0.497 e. The first-order chi connectivity index (χ1) is 13.1. The van der Waals surface area contributed by atoms with Crippen molar-refractivity contribution >= 4 is 17.6 Å². The van der Waals surface area contributed by atoms with Crippen LogP contribution < -0.4 is 15.4 Å². The van der Waals surface area contributed by atoms with Gasteiger partial charge in [0.25, 0.3) is 5.91 Å². The van der Waals surface area contributed by atoms with Crippen LogP contribution >= 0.6 is 0 Å². The number of hydrogen-bond donors (Lipinski definition) is 2. The molecule has 1 atom stereocenters. The molecular weight excluding hydrogens is 342 g/mol. The van der Waals surface area contributed by atoms with E-state index in [1.54, 1.807) is 26.3 Å². The summed E-state index contributed by atoms with van der Waals surface area (Å²) in [4.78, 5) is 26.3. The fourth-order valence-corrected chi connectivity index (χ4v) is 3.40. The molecule has 1 heterocycles. The first-order valence-corrected chi connectivity index (χ1v) is 9.12. The minimum Gasteiger partial charge on any atom is -0.497 e. The third-order valence-corrected chi connectivity index (χ3v) is 4.89. The van der Waals surface area contributed by atoms with Crippen LogP contribution in [0.1, 0.15) is 34.7 Å². The highest BCUT2D eigenvalue weighted by atomic mass is 16.5. The quantitative estimate of drug-likeness (QED) is 0.869. The van der Waals surface area contributed by atoms with Gasteiger partial charge in [0.05, 0.1) is 7.11 Å². The molecule has 2 N–H and O–H groups in total. The molecule has 3 amide bonds. The van der Waals surface area contributed by atoms with Gasteiger partial charge in [-0.05, 0) is 54.8 Å². The number of anilines is 1. The van der Waals surface area contributed by atoms with Crippen LogP contribution in [-0.4, -0.2) is 44.1 Å². The average molecular weight is 367 g/mol. The predicted molar refractivity (Wildman–Crippen MR) is 105 cm³/mol. The van der Waals surface area contributed by atoms with E-state index >= 15 is 0 Å². The van der Waals surface area contributed by atoms with E-state index in [9.17, 15) is 9.59 Å². The lowest BCUT2D eigenvalue weighted by Crippen LogP contribution is -2.43. The van der Waals surface area contributed by atoms with Gasteiger partial charge >= 0.3 is 6.03 Å². The molecule has 2 aromatic carbocycles. The number of nitrogens with one attached hydrogen (secondary N) is 2. The first kappa shape index (κ1) is 18.8. The second kappa shape index (κ2) is 8.58. The van der Waals surface area contributed by atoms with E-state index in [1.807, 2.05) is 41.3 Å². The number of carbonyl (C=O) groups is 2. The van der Waals surface area contributed by atoms with E-state index < -0.39 is 0 Å². The van der Waals surface area contributed by atoms with E-state index in [0.717, 1.165) is 36.4 Å². The van der Waals surface area contributed by atoms with Gasteiger partial charge in [-0.2, -0.15) is 0 Å². The van der Waals surface area contributed by atoms with Gasteiger partial charge in [0.15, 0.2) is 0 Å². The minimum atomic E-state index is -0.152. The second-order valence-corrected chi connectivity index (χ2v) is 6.65. The van der Waals surface area contributed by atoms with Crippen molar-refractivity contribution in [3.05, 3.63) is 59.7 Å². The summed E-state index contributed by atoms with van der Waals surface area (Å²) in [6, 6.07) is 14.8. The fraction of sp³-hybridized carbons (Fsp3) is 0.333. The van der Waals surface area contributed by atoms with Crippen LogP contribution in [0.4, 0.5) is 10.5 Å². The molecule has 6 heteroatoms. The molecule has 3 rings (SSSR count). The maximum atomic E-state index is 12.6. The van der Waals surface area contributed by atoms with E-state index in [4.69, 9.17) is 4.74 Å². The molecule has 1 saturated heterocycles. The van der Waals surface area contributed by atoms with Crippen molar-refractivity contribution in [3.63, 3.8) is 0 Å². The Morgan fingerprint density at radius 3 is 2.63 bits per heavy atom. The standard InChI is InChI=1S/C21H25N3O3/c1-22-21(26)24-12-4-7-17(14-24)15-5-3-6-16(13-15)20(25)23-18-8-10-19(27-2)11-9-18/h3,5-6,8-11,13,17H,4,7,12,14H2,1-2H3,(H,22,26)(H,23,25)/t17-/m1/s1. The zero-order valence-corrected chi connectivity index (χ0v) is 15.7. The molecule has 6 nitrogen and oxygen atoms in total. The monoisotopic (exact) mass is 367 g/mol. The summed E-state index contributed by atoms with van der Waals surface area (Å²) in [5, 5.41) is 5.59. The van der Waals surface area contributed by atoms with Gasteiger partial charge in [0.1, 0.15) is 5.75 Å². The predicted octanol–water partition coefficient (Wildman–Crippen LogP) is 3.47. The fourth-order valence-electron chi connectivity index (χ4n) is 3.40. The average Bonchev–Trinajstić information content (AvgIpc) is 2.74. The van der Waals surface area contributed by atoms with Crippen molar-refractivity contribution in [1.82, 2.24) is 10.2 Å². The van der Waals surface area contributed by atoms with Crippen molar-refractivity contribution in [2.75, 3.05) is 32.6 Å². The van der Waals surface area contributed by atoms with Gasteiger partial charge in [-0.3, -0.25) is 4.79 Å². The molecule has 0 radical (unpaired) electrons. The number of benzene rings is 2. The summed E-state index contributed by atoms with van der Waals surface area (Å²) in [5.41, 5.74) is 2.42. The van der Waals surface area contributed by atoms with E-state index in [-0.39, 0.29) is 17.9 Å². The Kier molecular flexibility index (Phi) is 5.96. The lowest BCUT2D eigenvalue weighted by atomic mass is 9.89. The van der Waals surface area contributed by atoms with Gasteiger partial charge in [-0.1, -0.05) is 12.1 Å². The SMILES string of the molecule is CNC(=O)N1CCC[C@@H](c2cccc(C(=O)Nc3ccc(OC)cc3)c2)C1. The Hall–Kier alpha value is -3.02. The number of carbonyl (C=O) groups excluding carboxylic acids is 2. The maximum Gasteiger partial charge on any atom is 0.317 e. The summed E-state index contributed by atoms with van der Waals surface area (Å²) < 4.78 is 5.13. The second-order valence-electron chi connectivity index (χ2n) is 6.65. The third-order valence-electron chi connectivity index (χ3n) is 4.89. The topological polar surface area (TPSA) is 70.7 Å². The van der Waals surface area contributed by atoms with Crippen LogP contribution in [0.5, 0.6) is 5.75 Å². The van der Waals surface area contributed by atoms with Gasteiger partial charge in [-0.15, -0.1) is 0 Å².